The van der Waals surface area contributed by atoms with Crippen molar-refractivity contribution in [2.24, 2.45) is 0 Å². The maximum Gasteiger partial charge on any atom is 0.255 e. The van der Waals surface area contributed by atoms with E-state index in [-0.39, 0.29) is 16.0 Å². The lowest BCUT2D eigenvalue weighted by atomic mass is 10.1. The molecule has 0 atom stereocenters. The van der Waals surface area contributed by atoms with E-state index >= 15 is 0 Å². The van der Waals surface area contributed by atoms with E-state index in [1.165, 1.54) is 11.6 Å². The number of nitrogens with zero attached hydrogens (tertiary/aromatic N) is 1. The Morgan fingerprint density at radius 1 is 1.19 bits per heavy atom. The van der Waals surface area contributed by atoms with Crippen LogP contribution in [0.25, 0.3) is 0 Å². The molecular weight excluding hydrogens is 307 g/mol. The molecule has 2 aromatic rings. The number of anilines is 1. The zero-order valence-corrected chi connectivity index (χ0v) is 13.4. The van der Waals surface area contributed by atoms with Gasteiger partial charge in [-0.05, 0) is 24.6 Å². The van der Waals surface area contributed by atoms with E-state index in [4.69, 9.17) is 28.9 Å². The Bertz CT molecular complexity index is 669. The Labute approximate surface area is 134 Å². The van der Waals surface area contributed by atoms with Gasteiger partial charge in [0.1, 0.15) is 0 Å². The second kappa shape index (κ2) is 6.37. The molecule has 5 heteroatoms. The summed E-state index contributed by atoms with van der Waals surface area (Å²) in [5.41, 5.74) is 8.67. The van der Waals surface area contributed by atoms with Gasteiger partial charge in [-0.1, -0.05) is 53.0 Å². The van der Waals surface area contributed by atoms with Crippen molar-refractivity contribution in [1.82, 2.24) is 4.90 Å². The van der Waals surface area contributed by atoms with Crippen LogP contribution >= 0.6 is 23.2 Å². The van der Waals surface area contributed by atoms with Gasteiger partial charge in [0.25, 0.3) is 5.91 Å². The number of hydrogen-bond donors (Lipinski definition) is 1. The summed E-state index contributed by atoms with van der Waals surface area (Å²) in [6, 6.07) is 11.1. The van der Waals surface area contributed by atoms with E-state index in [9.17, 15) is 4.79 Å². The molecule has 0 saturated heterocycles. The highest BCUT2D eigenvalue weighted by molar-refractivity contribution is 6.44. The Morgan fingerprint density at radius 3 is 2.43 bits per heavy atom. The van der Waals surface area contributed by atoms with Gasteiger partial charge in [-0.3, -0.25) is 4.79 Å². The number of halogens is 2. The maximum atomic E-state index is 12.5. The highest BCUT2D eigenvalue weighted by atomic mass is 35.5. The zero-order valence-electron chi connectivity index (χ0n) is 11.9. The van der Waals surface area contributed by atoms with Crippen LogP contribution in [0, 0.1) is 6.92 Å². The number of nitrogens with two attached hydrogens (primary N) is 1. The van der Waals surface area contributed by atoms with Gasteiger partial charge in [0, 0.05) is 19.3 Å². The van der Waals surface area contributed by atoms with Crippen molar-refractivity contribution < 1.29 is 4.79 Å². The van der Waals surface area contributed by atoms with Gasteiger partial charge in [0.2, 0.25) is 0 Å². The summed E-state index contributed by atoms with van der Waals surface area (Å²) in [5.74, 6) is -0.213. The number of aryl methyl sites for hydroxylation is 1. The smallest absolute Gasteiger partial charge is 0.255 e. The van der Waals surface area contributed by atoms with E-state index < -0.39 is 0 Å². The van der Waals surface area contributed by atoms with E-state index in [1.54, 1.807) is 18.0 Å². The number of amides is 1. The fourth-order valence-electron chi connectivity index (χ4n) is 2.01. The highest BCUT2D eigenvalue weighted by Crippen LogP contribution is 2.29. The van der Waals surface area contributed by atoms with Crippen molar-refractivity contribution in [2.75, 3.05) is 12.8 Å². The van der Waals surface area contributed by atoms with Crippen LogP contribution in [0.2, 0.25) is 10.0 Å². The van der Waals surface area contributed by atoms with Crippen LogP contribution in [0.15, 0.2) is 36.4 Å². The maximum absolute atomic E-state index is 12.5. The molecule has 0 unspecified atom stereocenters. The highest BCUT2D eigenvalue weighted by Gasteiger charge is 2.18. The van der Waals surface area contributed by atoms with Crippen molar-refractivity contribution in [3.8, 4) is 0 Å². The lowest BCUT2D eigenvalue weighted by Crippen LogP contribution is -2.26. The molecule has 0 fully saturated rings. The third-order valence-corrected chi connectivity index (χ3v) is 3.97. The second-order valence-electron chi connectivity index (χ2n) is 5.01. The van der Waals surface area contributed by atoms with Crippen molar-refractivity contribution in [3.63, 3.8) is 0 Å². The van der Waals surface area contributed by atoms with Gasteiger partial charge in [-0.15, -0.1) is 0 Å². The zero-order chi connectivity index (χ0) is 15.6. The Balaban J connectivity index is 2.21. The summed E-state index contributed by atoms with van der Waals surface area (Å²) >= 11 is 12.1. The average molecular weight is 323 g/mol. The molecule has 0 spiro atoms. The topological polar surface area (TPSA) is 46.3 Å². The monoisotopic (exact) mass is 322 g/mol. The van der Waals surface area contributed by atoms with E-state index in [2.05, 4.69) is 0 Å². The molecule has 2 rings (SSSR count). The van der Waals surface area contributed by atoms with Crippen LogP contribution < -0.4 is 5.73 Å². The molecule has 1 amide bonds. The molecule has 21 heavy (non-hydrogen) atoms. The molecule has 2 aromatic carbocycles. The predicted molar refractivity (Wildman–Crippen MR) is 87.9 cm³/mol. The first-order valence-electron chi connectivity index (χ1n) is 6.44. The molecule has 110 valence electrons. The number of carbonyl (C=O) groups is 1. The molecule has 3 nitrogen and oxygen atoms in total. The normalized spacial score (nSPS) is 10.5. The first-order chi connectivity index (χ1) is 9.88. The lowest BCUT2D eigenvalue weighted by Gasteiger charge is -2.19. The largest absolute Gasteiger partial charge is 0.399 e. The fourth-order valence-corrected chi connectivity index (χ4v) is 2.43. The molecule has 0 radical (unpaired) electrons. The van der Waals surface area contributed by atoms with Crippen LogP contribution in [-0.4, -0.2) is 17.9 Å². The van der Waals surface area contributed by atoms with E-state index in [0.29, 0.717) is 17.8 Å². The van der Waals surface area contributed by atoms with Gasteiger partial charge in [0.15, 0.2) is 0 Å². The number of rotatable bonds is 3. The van der Waals surface area contributed by atoms with Gasteiger partial charge < -0.3 is 10.6 Å². The van der Waals surface area contributed by atoms with Gasteiger partial charge in [0.05, 0.1) is 15.6 Å². The van der Waals surface area contributed by atoms with Crippen molar-refractivity contribution in [3.05, 3.63) is 63.1 Å². The summed E-state index contributed by atoms with van der Waals surface area (Å²) < 4.78 is 0. The molecule has 0 heterocycles. The second-order valence-corrected chi connectivity index (χ2v) is 5.80. The third kappa shape index (κ3) is 3.69. The van der Waals surface area contributed by atoms with Gasteiger partial charge in [-0.25, -0.2) is 0 Å². The number of benzene rings is 2. The third-order valence-electron chi connectivity index (χ3n) is 3.17. The van der Waals surface area contributed by atoms with Gasteiger partial charge in [-0.2, -0.15) is 0 Å². The fraction of sp³-hybridized carbons (Fsp3) is 0.188. The summed E-state index contributed by atoms with van der Waals surface area (Å²) in [5, 5.41) is 0.510. The molecular formula is C16H16Cl2N2O. The quantitative estimate of drug-likeness (QED) is 0.862. The van der Waals surface area contributed by atoms with E-state index in [0.717, 1.165) is 5.56 Å². The van der Waals surface area contributed by atoms with Crippen LogP contribution in [0.3, 0.4) is 0 Å². The van der Waals surface area contributed by atoms with Crippen molar-refractivity contribution >= 4 is 34.8 Å². The van der Waals surface area contributed by atoms with Crippen LogP contribution in [0.4, 0.5) is 5.69 Å². The van der Waals surface area contributed by atoms with Crippen LogP contribution in [0.1, 0.15) is 21.5 Å². The molecule has 0 aliphatic heterocycles. The summed E-state index contributed by atoms with van der Waals surface area (Å²) in [4.78, 5) is 14.1. The average Bonchev–Trinajstić information content (AvgIpc) is 2.44. The lowest BCUT2D eigenvalue weighted by molar-refractivity contribution is 0.0785. The Kier molecular flexibility index (Phi) is 4.76. The summed E-state index contributed by atoms with van der Waals surface area (Å²) in [6.45, 7) is 2.51. The SMILES string of the molecule is Cc1ccc(CN(C)C(=O)c2cc(N)cc(Cl)c2Cl)cc1. The predicted octanol–water partition coefficient (Wildman–Crippen LogP) is 4.16. The van der Waals surface area contributed by atoms with E-state index in [1.807, 2.05) is 31.2 Å². The molecule has 0 saturated carbocycles. The van der Waals surface area contributed by atoms with Gasteiger partial charge >= 0.3 is 0 Å². The van der Waals surface area contributed by atoms with Crippen molar-refractivity contribution in [2.45, 2.75) is 13.5 Å². The Morgan fingerprint density at radius 2 is 1.81 bits per heavy atom. The number of nitrogen functional groups attached to an aromatic ring is 1. The number of carbonyl (C=O) groups excluding carboxylic acids is 1. The molecule has 2 N–H and O–H groups in total. The first kappa shape index (κ1) is 15.7. The van der Waals surface area contributed by atoms with Crippen LogP contribution in [0.5, 0.6) is 0 Å². The number of hydrogen-bond acceptors (Lipinski definition) is 2. The standard InChI is InChI=1S/C16H16Cl2N2O/c1-10-3-5-11(6-4-10)9-20(2)16(21)13-7-12(19)8-14(17)15(13)18/h3-8H,9,19H2,1-2H3. The molecule has 0 aromatic heterocycles. The minimum Gasteiger partial charge on any atom is -0.399 e. The minimum atomic E-state index is -0.213. The molecule has 0 bridgehead atoms. The summed E-state index contributed by atoms with van der Waals surface area (Å²) in [6.07, 6.45) is 0. The first-order valence-corrected chi connectivity index (χ1v) is 7.19. The van der Waals surface area contributed by atoms with Crippen molar-refractivity contribution in [1.29, 1.82) is 0 Å². The minimum absolute atomic E-state index is 0.213. The molecule has 0 aliphatic carbocycles. The summed E-state index contributed by atoms with van der Waals surface area (Å²) in [7, 11) is 1.72. The Hall–Kier alpha value is -1.71. The molecule has 0 aliphatic rings. The van der Waals surface area contributed by atoms with Crippen LogP contribution in [-0.2, 0) is 6.54 Å².